The zero-order chi connectivity index (χ0) is 17.8. The van der Waals surface area contributed by atoms with E-state index >= 15 is 0 Å². The second-order valence-electron chi connectivity index (χ2n) is 6.10. The molecule has 1 aromatic heterocycles. The van der Waals surface area contributed by atoms with Gasteiger partial charge in [-0.3, -0.25) is 14.6 Å². The van der Waals surface area contributed by atoms with Gasteiger partial charge in [0.1, 0.15) is 6.61 Å². The first-order valence-corrected chi connectivity index (χ1v) is 8.20. The van der Waals surface area contributed by atoms with Gasteiger partial charge in [0.15, 0.2) is 6.10 Å². The van der Waals surface area contributed by atoms with E-state index in [1.54, 1.807) is 24.3 Å². The Labute approximate surface area is 146 Å². The molecular formula is C19H21N3O3. The molecule has 1 aliphatic heterocycles. The lowest BCUT2D eigenvalue weighted by atomic mass is 9.97. The molecule has 6 heteroatoms. The van der Waals surface area contributed by atoms with Crippen molar-refractivity contribution in [2.24, 2.45) is 0 Å². The molecule has 1 aliphatic rings. The summed E-state index contributed by atoms with van der Waals surface area (Å²) in [6.07, 6.45) is 2.62. The Bertz CT molecular complexity index is 736. The Morgan fingerprint density at radius 1 is 1.24 bits per heavy atom. The summed E-state index contributed by atoms with van der Waals surface area (Å²) in [5.41, 5.74) is 1.83. The molecule has 0 spiro atoms. The van der Waals surface area contributed by atoms with Gasteiger partial charge in [0.2, 0.25) is 5.91 Å². The highest BCUT2D eigenvalue weighted by molar-refractivity contribution is 5.86. The standard InChI is InChI=1S/C19H21N3O3/c1-13(14-8-10-20-11-9-14)21-19(24)18-17(15-6-4-3-5-7-15)22(2)16(23)12-25-18/h3-11,13,17-18H,12H2,1-2H3,(H,21,24)/t13-,17-,18-/m0/s1. The van der Waals surface area contributed by atoms with Crippen LogP contribution in [-0.4, -0.2) is 41.5 Å². The highest BCUT2D eigenvalue weighted by Crippen LogP contribution is 2.29. The number of carbonyl (C=O) groups excluding carboxylic acids is 2. The number of hydrogen-bond donors (Lipinski definition) is 1. The molecule has 0 bridgehead atoms. The van der Waals surface area contributed by atoms with Gasteiger partial charge in [-0.15, -0.1) is 0 Å². The summed E-state index contributed by atoms with van der Waals surface area (Å²) in [6.45, 7) is 1.81. The van der Waals surface area contributed by atoms with Crippen LogP contribution in [0.5, 0.6) is 0 Å². The van der Waals surface area contributed by atoms with Gasteiger partial charge in [-0.05, 0) is 30.2 Å². The summed E-state index contributed by atoms with van der Waals surface area (Å²) in [7, 11) is 1.70. The maximum absolute atomic E-state index is 12.8. The summed E-state index contributed by atoms with van der Waals surface area (Å²) in [5, 5.41) is 2.97. The van der Waals surface area contributed by atoms with E-state index in [1.807, 2.05) is 49.4 Å². The number of hydrogen-bond acceptors (Lipinski definition) is 4. The zero-order valence-corrected chi connectivity index (χ0v) is 14.3. The van der Waals surface area contributed by atoms with E-state index in [0.29, 0.717) is 0 Å². The van der Waals surface area contributed by atoms with Gasteiger partial charge >= 0.3 is 0 Å². The predicted molar refractivity (Wildman–Crippen MR) is 92.5 cm³/mol. The van der Waals surface area contributed by atoms with Gasteiger partial charge in [0, 0.05) is 19.4 Å². The number of nitrogens with zero attached hydrogens (tertiary/aromatic N) is 2. The number of nitrogens with one attached hydrogen (secondary N) is 1. The van der Waals surface area contributed by atoms with Crippen molar-refractivity contribution in [1.29, 1.82) is 0 Å². The molecule has 2 amide bonds. The lowest BCUT2D eigenvalue weighted by Gasteiger charge is -2.38. The first-order valence-electron chi connectivity index (χ1n) is 8.20. The third kappa shape index (κ3) is 3.69. The Kier molecular flexibility index (Phi) is 5.09. The molecule has 6 nitrogen and oxygen atoms in total. The molecule has 0 aliphatic carbocycles. The topological polar surface area (TPSA) is 71.5 Å². The molecule has 0 saturated carbocycles. The molecule has 3 rings (SSSR count). The minimum atomic E-state index is -0.755. The Hall–Kier alpha value is -2.73. The smallest absolute Gasteiger partial charge is 0.252 e. The summed E-state index contributed by atoms with van der Waals surface area (Å²) < 4.78 is 5.61. The molecule has 2 aromatic rings. The van der Waals surface area contributed by atoms with E-state index in [-0.39, 0.29) is 24.5 Å². The second kappa shape index (κ2) is 7.44. The van der Waals surface area contributed by atoms with Gasteiger partial charge in [0.05, 0.1) is 12.1 Å². The van der Waals surface area contributed by atoms with Gasteiger partial charge in [-0.25, -0.2) is 0 Å². The maximum atomic E-state index is 12.8. The van der Waals surface area contributed by atoms with E-state index < -0.39 is 12.1 Å². The fourth-order valence-corrected chi connectivity index (χ4v) is 3.01. The molecule has 0 unspecified atom stereocenters. The largest absolute Gasteiger partial charge is 0.356 e. The maximum Gasteiger partial charge on any atom is 0.252 e. The molecule has 1 N–H and O–H groups in total. The predicted octanol–water partition coefficient (Wildman–Crippen LogP) is 1.86. The first-order chi connectivity index (χ1) is 12.1. The lowest BCUT2D eigenvalue weighted by Crippen LogP contribution is -2.53. The van der Waals surface area contributed by atoms with Crippen LogP contribution >= 0.6 is 0 Å². The van der Waals surface area contributed by atoms with E-state index in [4.69, 9.17) is 4.74 Å². The van der Waals surface area contributed by atoms with Crippen molar-refractivity contribution < 1.29 is 14.3 Å². The number of amides is 2. The van der Waals surface area contributed by atoms with Crippen molar-refractivity contribution in [3.05, 3.63) is 66.0 Å². The first kappa shape index (κ1) is 17.1. The van der Waals surface area contributed by atoms with Crippen molar-refractivity contribution in [1.82, 2.24) is 15.2 Å². The molecule has 3 atom stereocenters. The quantitative estimate of drug-likeness (QED) is 0.923. The van der Waals surface area contributed by atoms with E-state index in [2.05, 4.69) is 10.3 Å². The molecule has 2 heterocycles. The number of pyridine rings is 1. The highest BCUT2D eigenvalue weighted by atomic mass is 16.5. The molecule has 1 saturated heterocycles. The number of rotatable bonds is 4. The number of likely N-dealkylation sites (N-methyl/N-ethyl adjacent to an activating group) is 1. The van der Waals surface area contributed by atoms with Crippen LogP contribution in [0.2, 0.25) is 0 Å². The van der Waals surface area contributed by atoms with Crippen LogP contribution in [-0.2, 0) is 14.3 Å². The molecular weight excluding hydrogens is 318 g/mol. The number of morpholine rings is 1. The minimum Gasteiger partial charge on any atom is -0.356 e. The van der Waals surface area contributed by atoms with Crippen LogP contribution in [0.25, 0.3) is 0 Å². The van der Waals surface area contributed by atoms with Crippen molar-refractivity contribution in [2.45, 2.75) is 25.1 Å². The monoisotopic (exact) mass is 339 g/mol. The van der Waals surface area contributed by atoms with Crippen LogP contribution in [0.3, 0.4) is 0 Å². The fraction of sp³-hybridized carbons (Fsp3) is 0.316. The normalized spacial score (nSPS) is 21.7. The number of ether oxygens (including phenoxy) is 1. The van der Waals surface area contributed by atoms with Crippen LogP contribution in [0, 0.1) is 0 Å². The summed E-state index contributed by atoms with van der Waals surface area (Å²) in [5.74, 6) is -0.377. The van der Waals surface area contributed by atoms with E-state index in [9.17, 15) is 9.59 Å². The molecule has 1 aromatic carbocycles. The molecule has 130 valence electrons. The van der Waals surface area contributed by atoms with Crippen LogP contribution < -0.4 is 5.32 Å². The molecule has 1 fully saturated rings. The highest BCUT2D eigenvalue weighted by Gasteiger charge is 2.40. The zero-order valence-electron chi connectivity index (χ0n) is 14.3. The van der Waals surface area contributed by atoms with Crippen LogP contribution in [0.15, 0.2) is 54.9 Å². The average molecular weight is 339 g/mol. The number of aromatic nitrogens is 1. The number of benzene rings is 1. The third-order valence-corrected chi connectivity index (χ3v) is 4.45. The van der Waals surface area contributed by atoms with Crippen molar-refractivity contribution in [3.8, 4) is 0 Å². The van der Waals surface area contributed by atoms with E-state index in [1.165, 1.54) is 0 Å². The Balaban J connectivity index is 1.80. The summed E-state index contributed by atoms with van der Waals surface area (Å²) >= 11 is 0. The van der Waals surface area contributed by atoms with Gasteiger partial charge in [0.25, 0.3) is 5.91 Å². The third-order valence-electron chi connectivity index (χ3n) is 4.45. The Morgan fingerprint density at radius 2 is 1.92 bits per heavy atom. The summed E-state index contributed by atoms with van der Waals surface area (Å²) in [6, 6.07) is 12.5. The number of carbonyl (C=O) groups is 2. The molecule has 0 radical (unpaired) electrons. The van der Waals surface area contributed by atoms with Crippen LogP contribution in [0.1, 0.15) is 30.1 Å². The summed E-state index contributed by atoms with van der Waals surface area (Å²) in [4.78, 5) is 30.4. The van der Waals surface area contributed by atoms with Crippen LogP contribution in [0.4, 0.5) is 0 Å². The molecule has 25 heavy (non-hydrogen) atoms. The van der Waals surface area contributed by atoms with Gasteiger partial charge < -0.3 is 15.0 Å². The lowest BCUT2D eigenvalue weighted by molar-refractivity contribution is -0.162. The van der Waals surface area contributed by atoms with Gasteiger partial charge in [-0.2, -0.15) is 0 Å². The second-order valence-corrected chi connectivity index (χ2v) is 6.10. The Morgan fingerprint density at radius 3 is 2.60 bits per heavy atom. The SMILES string of the molecule is C[C@H](NC(=O)[C@H]1OCC(=O)N(C)[C@H]1c1ccccc1)c1ccncc1. The average Bonchev–Trinajstić information content (AvgIpc) is 2.65. The fourth-order valence-electron chi connectivity index (χ4n) is 3.01. The van der Waals surface area contributed by atoms with Gasteiger partial charge in [-0.1, -0.05) is 30.3 Å². The van der Waals surface area contributed by atoms with Crippen molar-refractivity contribution in [2.75, 3.05) is 13.7 Å². The van der Waals surface area contributed by atoms with E-state index in [0.717, 1.165) is 11.1 Å². The van der Waals surface area contributed by atoms with Crippen molar-refractivity contribution >= 4 is 11.8 Å². The van der Waals surface area contributed by atoms with Crippen molar-refractivity contribution in [3.63, 3.8) is 0 Å². The minimum absolute atomic E-state index is 0.0957.